The van der Waals surface area contributed by atoms with Gasteiger partial charge in [0, 0.05) is 38.0 Å². The predicted molar refractivity (Wildman–Crippen MR) is 105 cm³/mol. The fourth-order valence-corrected chi connectivity index (χ4v) is 5.18. The third-order valence-corrected chi connectivity index (χ3v) is 6.92. The van der Waals surface area contributed by atoms with Crippen molar-refractivity contribution in [3.8, 4) is 0 Å². The van der Waals surface area contributed by atoms with Gasteiger partial charge in [-0.05, 0) is 43.7 Å². The second-order valence-corrected chi connectivity index (χ2v) is 8.90. The molecule has 5 nitrogen and oxygen atoms in total. The number of hydrogen-bond donors (Lipinski definition) is 1. The van der Waals surface area contributed by atoms with Crippen molar-refractivity contribution < 1.29 is 8.78 Å². The molecular weight excluding hydrogens is 392 g/mol. The summed E-state index contributed by atoms with van der Waals surface area (Å²) in [5, 5.41) is 4.77. The Morgan fingerprint density at radius 3 is 2.52 bits per heavy atom. The minimum absolute atomic E-state index is 0.00776. The Hall–Kier alpha value is -1.12. The molecule has 2 aliphatic rings. The van der Waals surface area contributed by atoms with E-state index >= 15 is 0 Å². The number of thiazole rings is 1. The molecule has 9 heteroatoms. The maximum atomic E-state index is 13.4. The average molecular weight is 416 g/mol. The Kier molecular flexibility index (Phi) is 5.49. The van der Waals surface area contributed by atoms with E-state index in [2.05, 4.69) is 32.1 Å². The number of rotatable bonds is 4. The SMILES string of the molecule is CCc1nc2c(NC3CCC(N4CCC(F)(F)CC4)CC3)nc(Cl)nc2s1. The van der Waals surface area contributed by atoms with E-state index in [-0.39, 0.29) is 18.1 Å². The first-order valence-electron chi connectivity index (χ1n) is 9.65. The van der Waals surface area contributed by atoms with E-state index in [1.165, 1.54) is 0 Å². The van der Waals surface area contributed by atoms with Gasteiger partial charge in [0.2, 0.25) is 5.28 Å². The average Bonchev–Trinajstić information content (AvgIpc) is 3.06. The monoisotopic (exact) mass is 415 g/mol. The van der Waals surface area contributed by atoms with Gasteiger partial charge in [-0.1, -0.05) is 18.3 Å². The molecule has 27 heavy (non-hydrogen) atoms. The summed E-state index contributed by atoms with van der Waals surface area (Å²) in [6.07, 6.45) is 4.86. The molecular formula is C18H24ClF2N5S. The molecule has 0 amide bonds. The lowest BCUT2D eigenvalue weighted by Gasteiger charge is -2.40. The van der Waals surface area contributed by atoms with Gasteiger partial charge in [-0.2, -0.15) is 4.98 Å². The number of nitrogens with one attached hydrogen (secondary N) is 1. The van der Waals surface area contributed by atoms with Crippen molar-refractivity contribution in [2.45, 2.75) is 69.9 Å². The Bertz CT molecular complexity index is 796. The number of aromatic nitrogens is 3. The predicted octanol–water partition coefficient (Wildman–Crippen LogP) is 4.76. The number of anilines is 1. The van der Waals surface area contributed by atoms with Gasteiger partial charge in [-0.25, -0.2) is 18.7 Å². The number of piperidine rings is 1. The highest BCUT2D eigenvalue weighted by atomic mass is 35.5. The molecule has 1 N–H and O–H groups in total. The molecule has 4 rings (SSSR count). The summed E-state index contributed by atoms with van der Waals surface area (Å²) in [6, 6.07) is 0.715. The first kappa shape index (κ1) is 19.2. The minimum Gasteiger partial charge on any atom is -0.365 e. The molecule has 0 bridgehead atoms. The van der Waals surface area contributed by atoms with Crippen molar-refractivity contribution in [3.05, 3.63) is 10.3 Å². The number of nitrogens with zero attached hydrogens (tertiary/aromatic N) is 4. The van der Waals surface area contributed by atoms with Crippen LogP contribution in [0.3, 0.4) is 0 Å². The Labute approximate surface area is 166 Å². The molecule has 1 saturated heterocycles. The van der Waals surface area contributed by atoms with Crippen molar-refractivity contribution in [1.82, 2.24) is 19.9 Å². The zero-order valence-electron chi connectivity index (χ0n) is 15.3. The van der Waals surface area contributed by atoms with Crippen LogP contribution in [0.2, 0.25) is 5.28 Å². The Morgan fingerprint density at radius 1 is 1.15 bits per heavy atom. The van der Waals surface area contributed by atoms with Crippen LogP contribution in [0.5, 0.6) is 0 Å². The molecule has 2 aromatic heterocycles. The van der Waals surface area contributed by atoms with Gasteiger partial charge in [-0.3, -0.25) is 4.90 Å². The summed E-state index contributed by atoms with van der Waals surface area (Å²) < 4.78 is 26.7. The molecule has 148 valence electrons. The van der Waals surface area contributed by atoms with Crippen LogP contribution in [0.4, 0.5) is 14.6 Å². The van der Waals surface area contributed by atoms with Crippen molar-refractivity contribution in [2.75, 3.05) is 18.4 Å². The first-order chi connectivity index (χ1) is 12.9. The standard InChI is InChI=1S/C18H24ClF2N5S/c1-2-13-23-14-15(24-17(19)25-16(14)27-13)22-11-3-5-12(6-4-11)26-9-7-18(20,21)8-10-26/h11-12H,2-10H2,1H3,(H,22,24,25). The molecule has 1 saturated carbocycles. The maximum absolute atomic E-state index is 13.4. The van der Waals surface area contributed by atoms with Crippen LogP contribution in [0.15, 0.2) is 0 Å². The quantitative estimate of drug-likeness (QED) is 0.730. The number of hydrogen-bond acceptors (Lipinski definition) is 6. The van der Waals surface area contributed by atoms with Crippen LogP contribution in [-0.4, -0.2) is 50.9 Å². The highest BCUT2D eigenvalue weighted by Gasteiger charge is 2.37. The van der Waals surface area contributed by atoms with Crippen molar-refractivity contribution >= 4 is 39.1 Å². The van der Waals surface area contributed by atoms with Gasteiger partial charge in [0.05, 0.1) is 5.01 Å². The van der Waals surface area contributed by atoms with E-state index < -0.39 is 5.92 Å². The summed E-state index contributed by atoms with van der Waals surface area (Å²) in [5.41, 5.74) is 0.793. The number of alkyl halides is 2. The van der Waals surface area contributed by atoms with E-state index in [0.717, 1.165) is 47.5 Å². The molecule has 0 unspecified atom stereocenters. The van der Waals surface area contributed by atoms with E-state index in [4.69, 9.17) is 11.6 Å². The Balaban J connectivity index is 1.38. The molecule has 0 radical (unpaired) electrons. The van der Waals surface area contributed by atoms with E-state index in [1.807, 2.05) is 0 Å². The van der Waals surface area contributed by atoms with Gasteiger partial charge < -0.3 is 5.32 Å². The smallest absolute Gasteiger partial charge is 0.250 e. The zero-order valence-corrected chi connectivity index (χ0v) is 16.9. The van der Waals surface area contributed by atoms with Gasteiger partial charge in [0.25, 0.3) is 5.92 Å². The lowest BCUT2D eigenvalue weighted by Crippen LogP contribution is -2.47. The highest BCUT2D eigenvalue weighted by molar-refractivity contribution is 7.18. The molecule has 0 aromatic carbocycles. The lowest BCUT2D eigenvalue weighted by atomic mass is 9.89. The van der Waals surface area contributed by atoms with Crippen molar-refractivity contribution in [1.29, 1.82) is 0 Å². The Morgan fingerprint density at radius 2 is 1.85 bits per heavy atom. The molecule has 1 aliphatic heterocycles. The summed E-state index contributed by atoms with van der Waals surface area (Å²) in [5.74, 6) is -1.76. The lowest BCUT2D eigenvalue weighted by molar-refractivity contribution is -0.0657. The van der Waals surface area contributed by atoms with E-state index in [0.29, 0.717) is 31.0 Å². The van der Waals surface area contributed by atoms with Crippen LogP contribution in [-0.2, 0) is 6.42 Å². The van der Waals surface area contributed by atoms with Gasteiger partial charge >= 0.3 is 0 Å². The molecule has 1 aliphatic carbocycles. The third kappa shape index (κ3) is 4.32. The number of fused-ring (bicyclic) bond motifs is 1. The fraction of sp³-hybridized carbons (Fsp3) is 0.722. The topological polar surface area (TPSA) is 53.9 Å². The van der Waals surface area contributed by atoms with Crippen molar-refractivity contribution in [2.24, 2.45) is 0 Å². The summed E-state index contributed by atoms with van der Waals surface area (Å²) in [7, 11) is 0. The van der Waals surface area contributed by atoms with E-state index in [9.17, 15) is 8.78 Å². The number of aryl methyl sites for hydroxylation is 1. The molecule has 0 atom stereocenters. The van der Waals surface area contributed by atoms with Gasteiger partial charge in [0.15, 0.2) is 10.6 Å². The summed E-state index contributed by atoms with van der Waals surface area (Å²) in [6.45, 7) is 3.09. The normalized spacial score (nSPS) is 26.4. The largest absolute Gasteiger partial charge is 0.365 e. The molecule has 2 fully saturated rings. The second kappa shape index (κ2) is 7.72. The maximum Gasteiger partial charge on any atom is 0.250 e. The number of likely N-dealkylation sites (tertiary alicyclic amines) is 1. The van der Waals surface area contributed by atoms with Gasteiger partial charge in [0.1, 0.15) is 5.52 Å². The highest BCUT2D eigenvalue weighted by Crippen LogP contribution is 2.34. The first-order valence-corrected chi connectivity index (χ1v) is 10.8. The fourth-order valence-electron chi connectivity index (χ4n) is 4.09. The second-order valence-electron chi connectivity index (χ2n) is 7.50. The van der Waals surface area contributed by atoms with Crippen LogP contribution >= 0.6 is 22.9 Å². The van der Waals surface area contributed by atoms with Crippen LogP contribution in [0, 0.1) is 0 Å². The zero-order chi connectivity index (χ0) is 19.0. The summed E-state index contributed by atoms with van der Waals surface area (Å²) in [4.78, 5) is 16.3. The molecule has 3 heterocycles. The molecule has 2 aromatic rings. The van der Waals surface area contributed by atoms with Crippen molar-refractivity contribution in [3.63, 3.8) is 0 Å². The van der Waals surface area contributed by atoms with Crippen LogP contribution in [0.25, 0.3) is 10.3 Å². The molecule has 0 spiro atoms. The van der Waals surface area contributed by atoms with E-state index in [1.54, 1.807) is 11.3 Å². The van der Waals surface area contributed by atoms with Gasteiger partial charge in [-0.15, -0.1) is 0 Å². The van der Waals surface area contributed by atoms with Crippen LogP contribution in [0.1, 0.15) is 50.5 Å². The number of halogens is 3. The van der Waals surface area contributed by atoms with Crippen LogP contribution < -0.4 is 5.32 Å². The summed E-state index contributed by atoms with van der Waals surface area (Å²) >= 11 is 7.64. The third-order valence-electron chi connectivity index (χ3n) is 5.66. The minimum atomic E-state index is -2.47.